The molecule has 6 nitrogen and oxygen atoms in total. The SMILES string of the molecule is CS(=O)(=O)C1CSCCN1c1cc(F)c(C(=O)O)cc1N. The number of nitrogen functional groups attached to an aromatic ring is 1. The Morgan fingerprint density at radius 2 is 2.19 bits per heavy atom. The standard InChI is InChI=1S/C12H15FN2O4S2/c1-21(18,19)11-6-20-3-2-15(11)10-5-8(13)7(12(16)17)4-9(10)14/h4-5,11H,2-3,6,14H2,1H3,(H,16,17). The van der Waals surface area contributed by atoms with E-state index in [2.05, 4.69) is 0 Å². The van der Waals surface area contributed by atoms with E-state index in [9.17, 15) is 17.6 Å². The van der Waals surface area contributed by atoms with Crippen molar-refractivity contribution in [1.29, 1.82) is 0 Å². The first-order valence-corrected chi connectivity index (χ1v) is 9.18. The number of rotatable bonds is 3. The van der Waals surface area contributed by atoms with Crippen molar-refractivity contribution in [3.63, 3.8) is 0 Å². The first-order chi connectivity index (χ1) is 9.71. The first-order valence-electron chi connectivity index (χ1n) is 6.07. The minimum Gasteiger partial charge on any atom is -0.478 e. The third kappa shape index (κ3) is 3.24. The zero-order valence-corrected chi connectivity index (χ0v) is 12.9. The number of benzene rings is 1. The predicted octanol–water partition coefficient (Wildman–Crippen LogP) is 1.03. The molecule has 3 N–H and O–H groups in total. The van der Waals surface area contributed by atoms with Crippen LogP contribution in [0.1, 0.15) is 10.4 Å². The van der Waals surface area contributed by atoms with Gasteiger partial charge in [0.25, 0.3) is 0 Å². The van der Waals surface area contributed by atoms with Gasteiger partial charge in [-0.25, -0.2) is 17.6 Å². The van der Waals surface area contributed by atoms with Gasteiger partial charge >= 0.3 is 5.97 Å². The summed E-state index contributed by atoms with van der Waals surface area (Å²) in [5.74, 6) is -1.30. The molecule has 1 unspecified atom stereocenters. The molecule has 1 aliphatic heterocycles. The van der Waals surface area contributed by atoms with Crippen molar-refractivity contribution in [2.24, 2.45) is 0 Å². The molecule has 1 aliphatic rings. The lowest BCUT2D eigenvalue weighted by atomic mass is 10.1. The Bertz CT molecular complexity index is 678. The summed E-state index contributed by atoms with van der Waals surface area (Å²) in [4.78, 5) is 12.4. The summed E-state index contributed by atoms with van der Waals surface area (Å²) in [6, 6.07) is 2.01. The van der Waals surface area contributed by atoms with Crippen LogP contribution in [-0.4, -0.2) is 49.2 Å². The molecule has 1 saturated heterocycles. The zero-order valence-electron chi connectivity index (χ0n) is 11.2. The van der Waals surface area contributed by atoms with Crippen molar-refractivity contribution in [2.75, 3.05) is 34.9 Å². The maximum absolute atomic E-state index is 13.8. The van der Waals surface area contributed by atoms with Crippen molar-refractivity contribution in [2.45, 2.75) is 5.37 Å². The molecule has 0 aromatic heterocycles. The summed E-state index contributed by atoms with van der Waals surface area (Å²) in [6.07, 6.45) is 1.12. The van der Waals surface area contributed by atoms with Gasteiger partial charge in [0, 0.05) is 30.4 Å². The molecule has 1 fully saturated rings. The van der Waals surface area contributed by atoms with Crippen molar-refractivity contribution in [3.05, 3.63) is 23.5 Å². The lowest BCUT2D eigenvalue weighted by Gasteiger charge is -2.36. The second kappa shape index (κ2) is 5.72. The molecule has 116 valence electrons. The lowest BCUT2D eigenvalue weighted by Crippen LogP contribution is -2.47. The number of anilines is 2. The molecule has 2 rings (SSSR count). The van der Waals surface area contributed by atoms with E-state index in [4.69, 9.17) is 10.8 Å². The van der Waals surface area contributed by atoms with E-state index in [0.29, 0.717) is 18.1 Å². The van der Waals surface area contributed by atoms with Gasteiger partial charge in [0.15, 0.2) is 9.84 Å². The maximum Gasteiger partial charge on any atom is 0.338 e. The topological polar surface area (TPSA) is 101 Å². The highest BCUT2D eigenvalue weighted by molar-refractivity contribution is 8.01. The van der Waals surface area contributed by atoms with Gasteiger partial charge in [-0.1, -0.05) is 0 Å². The molecule has 1 aromatic rings. The van der Waals surface area contributed by atoms with E-state index >= 15 is 0 Å². The van der Waals surface area contributed by atoms with Gasteiger partial charge < -0.3 is 15.7 Å². The Morgan fingerprint density at radius 3 is 2.76 bits per heavy atom. The van der Waals surface area contributed by atoms with Crippen LogP contribution in [0.5, 0.6) is 0 Å². The predicted molar refractivity (Wildman–Crippen MR) is 81.1 cm³/mol. The van der Waals surface area contributed by atoms with Gasteiger partial charge in [-0.3, -0.25) is 0 Å². The zero-order chi connectivity index (χ0) is 15.8. The first kappa shape index (κ1) is 15.9. The third-order valence-electron chi connectivity index (χ3n) is 3.23. The van der Waals surface area contributed by atoms with Crippen LogP contribution < -0.4 is 10.6 Å². The Labute approximate surface area is 126 Å². The van der Waals surface area contributed by atoms with Crippen LogP contribution in [0.25, 0.3) is 0 Å². The Balaban J connectivity index is 2.49. The van der Waals surface area contributed by atoms with Crippen LogP contribution in [0.15, 0.2) is 12.1 Å². The van der Waals surface area contributed by atoms with Gasteiger partial charge in [-0.2, -0.15) is 11.8 Å². The number of carboxylic acid groups (broad SMARTS) is 1. The average molecular weight is 334 g/mol. The van der Waals surface area contributed by atoms with E-state index in [-0.39, 0.29) is 11.4 Å². The number of sulfone groups is 1. The molecule has 0 spiro atoms. The van der Waals surface area contributed by atoms with Gasteiger partial charge in [-0.15, -0.1) is 0 Å². The number of nitrogens with zero attached hydrogens (tertiary/aromatic N) is 1. The van der Waals surface area contributed by atoms with Crippen molar-refractivity contribution in [1.82, 2.24) is 0 Å². The van der Waals surface area contributed by atoms with Crippen LogP contribution >= 0.6 is 11.8 Å². The summed E-state index contributed by atoms with van der Waals surface area (Å²) in [5.41, 5.74) is 5.53. The molecular weight excluding hydrogens is 319 g/mol. The van der Waals surface area contributed by atoms with Crippen molar-refractivity contribution >= 4 is 38.9 Å². The molecule has 1 atom stereocenters. The number of carbonyl (C=O) groups is 1. The van der Waals surface area contributed by atoms with Gasteiger partial charge in [0.1, 0.15) is 11.2 Å². The summed E-state index contributed by atoms with van der Waals surface area (Å²) < 4.78 is 37.6. The van der Waals surface area contributed by atoms with Crippen LogP contribution in [0, 0.1) is 5.82 Å². The highest BCUT2D eigenvalue weighted by Gasteiger charge is 2.32. The summed E-state index contributed by atoms with van der Waals surface area (Å²) in [6.45, 7) is 0.401. The quantitative estimate of drug-likeness (QED) is 0.796. The number of hydrogen-bond donors (Lipinski definition) is 2. The number of thioether (sulfide) groups is 1. The number of halogens is 1. The fourth-order valence-corrected chi connectivity index (χ4v) is 5.04. The van der Waals surface area contributed by atoms with Crippen LogP contribution in [-0.2, 0) is 9.84 Å². The number of aromatic carboxylic acids is 1. The molecule has 1 aromatic carbocycles. The molecule has 0 bridgehead atoms. The molecule has 0 amide bonds. The fourth-order valence-electron chi connectivity index (χ4n) is 2.20. The summed E-state index contributed by atoms with van der Waals surface area (Å²) >= 11 is 1.50. The Hall–Kier alpha value is -1.48. The van der Waals surface area contributed by atoms with E-state index in [1.165, 1.54) is 16.7 Å². The molecule has 1 heterocycles. The normalized spacial score (nSPS) is 19.5. The minimum absolute atomic E-state index is 0.0503. The highest BCUT2D eigenvalue weighted by atomic mass is 32.2. The average Bonchev–Trinajstić information content (AvgIpc) is 2.39. The fraction of sp³-hybridized carbons (Fsp3) is 0.417. The summed E-state index contributed by atoms with van der Waals surface area (Å²) in [7, 11) is -3.37. The van der Waals surface area contributed by atoms with Crippen molar-refractivity contribution < 1.29 is 22.7 Å². The van der Waals surface area contributed by atoms with Gasteiger partial charge in [0.05, 0.1) is 16.9 Å². The molecule has 0 saturated carbocycles. The monoisotopic (exact) mass is 334 g/mol. The van der Waals surface area contributed by atoms with Crippen molar-refractivity contribution in [3.8, 4) is 0 Å². The minimum atomic E-state index is -3.37. The highest BCUT2D eigenvalue weighted by Crippen LogP contribution is 2.32. The van der Waals surface area contributed by atoms with E-state index in [0.717, 1.165) is 18.4 Å². The van der Waals surface area contributed by atoms with E-state index in [1.54, 1.807) is 0 Å². The molecule has 0 radical (unpaired) electrons. The molecule has 21 heavy (non-hydrogen) atoms. The van der Waals surface area contributed by atoms with Crippen LogP contribution in [0.4, 0.5) is 15.8 Å². The smallest absolute Gasteiger partial charge is 0.338 e. The number of nitrogens with two attached hydrogens (primary N) is 1. The van der Waals surface area contributed by atoms with Gasteiger partial charge in [-0.05, 0) is 6.07 Å². The second-order valence-corrected chi connectivity index (χ2v) is 8.10. The molecular formula is C12H15FN2O4S2. The lowest BCUT2D eigenvalue weighted by molar-refractivity contribution is 0.0692. The Kier molecular flexibility index (Phi) is 4.33. The Morgan fingerprint density at radius 1 is 1.52 bits per heavy atom. The number of hydrogen-bond acceptors (Lipinski definition) is 6. The van der Waals surface area contributed by atoms with E-state index < -0.39 is 32.6 Å². The molecule has 9 heteroatoms. The van der Waals surface area contributed by atoms with Crippen LogP contribution in [0.3, 0.4) is 0 Å². The third-order valence-corrected chi connectivity index (χ3v) is 5.88. The van der Waals surface area contributed by atoms with Crippen LogP contribution in [0.2, 0.25) is 0 Å². The maximum atomic E-state index is 13.8. The summed E-state index contributed by atoms with van der Waals surface area (Å²) in [5, 5.41) is 8.07. The number of carboxylic acids is 1. The second-order valence-electron chi connectivity index (χ2n) is 4.75. The molecule has 0 aliphatic carbocycles. The largest absolute Gasteiger partial charge is 0.478 e. The van der Waals surface area contributed by atoms with Gasteiger partial charge in [0.2, 0.25) is 0 Å². The van der Waals surface area contributed by atoms with E-state index in [1.807, 2.05) is 0 Å².